The molecule has 0 saturated carbocycles. The second kappa shape index (κ2) is 5.58. The summed E-state index contributed by atoms with van der Waals surface area (Å²) in [5, 5.41) is 0. The van der Waals surface area contributed by atoms with Crippen LogP contribution in [-0.2, 0) is 9.53 Å². The summed E-state index contributed by atoms with van der Waals surface area (Å²) in [5.41, 5.74) is 0.765. The van der Waals surface area contributed by atoms with Gasteiger partial charge >= 0.3 is 0 Å². The molecular weight excluding hydrogens is 302 g/mol. The van der Waals surface area contributed by atoms with Crippen LogP contribution in [0.5, 0.6) is 11.5 Å². The minimum atomic E-state index is -0.0610. The molecule has 1 aliphatic heterocycles. The lowest BCUT2D eigenvalue weighted by Gasteiger charge is -2.28. The molecule has 1 aromatic carbocycles. The van der Waals surface area contributed by atoms with E-state index in [9.17, 15) is 4.79 Å². The summed E-state index contributed by atoms with van der Waals surface area (Å²) in [7, 11) is 3.14. The monoisotopic (exact) mass is 315 g/mol. The zero-order chi connectivity index (χ0) is 13.1. The lowest BCUT2D eigenvalue weighted by atomic mass is 10.2. The molecule has 1 amide bonds. The van der Waals surface area contributed by atoms with E-state index in [1.54, 1.807) is 31.3 Å². The molecule has 0 radical (unpaired) electrons. The van der Waals surface area contributed by atoms with Gasteiger partial charge in [-0.3, -0.25) is 4.79 Å². The first-order valence-electron chi connectivity index (χ1n) is 5.47. The summed E-state index contributed by atoms with van der Waals surface area (Å²) >= 11 is 3.44. The van der Waals surface area contributed by atoms with E-state index in [1.807, 2.05) is 0 Å². The second-order valence-electron chi connectivity index (χ2n) is 3.76. The number of hydrogen-bond donors (Lipinski definition) is 0. The molecule has 0 atom stereocenters. The van der Waals surface area contributed by atoms with Gasteiger partial charge in [0.2, 0.25) is 0 Å². The number of benzene rings is 1. The number of rotatable bonds is 3. The molecule has 1 heterocycles. The van der Waals surface area contributed by atoms with E-state index in [4.69, 9.17) is 14.2 Å². The molecule has 1 aliphatic rings. The summed E-state index contributed by atoms with van der Waals surface area (Å²) in [4.78, 5) is 13.5. The number of nitrogens with zero attached hydrogens (tertiary/aromatic N) is 1. The molecule has 5 nitrogen and oxygen atoms in total. The van der Waals surface area contributed by atoms with Crippen molar-refractivity contribution in [2.75, 3.05) is 38.9 Å². The quantitative estimate of drug-likeness (QED) is 0.854. The van der Waals surface area contributed by atoms with Crippen LogP contribution < -0.4 is 14.4 Å². The number of morpholine rings is 1. The van der Waals surface area contributed by atoms with E-state index in [1.165, 1.54) is 0 Å². The average Bonchev–Trinajstić information content (AvgIpc) is 2.39. The Morgan fingerprint density at radius 2 is 1.94 bits per heavy atom. The lowest BCUT2D eigenvalue weighted by molar-refractivity contribution is -0.125. The van der Waals surface area contributed by atoms with Crippen molar-refractivity contribution in [3.8, 4) is 11.5 Å². The summed E-state index contributed by atoms with van der Waals surface area (Å²) in [5.74, 6) is 1.15. The van der Waals surface area contributed by atoms with E-state index in [0.717, 1.165) is 10.2 Å². The molecular formula is C12H14BrNO4. The highest BCUT2D eigenvalue weighted by atomic mass is 79.9. The average molecular weight is 316 g/mol. The van der Waals surface area contributed by atoms with E-state index >= 15 is 0 Å². The van der Waals surface area contributed by atoms with Crippen LogP contribution in [0.25, 0.3) is 0 Å². The van der Waals surface area contributed by atoms with E-state index in [0.29, 0.717) is 24.7 Å². The number of carbonyl (C=O) groups excluding carboxylic acids is 1. The Morgan fingerprint density at radius 1 is 1.28 bits per heavy atom. The van der Waals surface area contributed by atoms with Crippen LogP contribution in [0.2, 0.25) is 0 Å². The number of carbonyl (C=O) groups is 1. The molecule has 98 valence electrons. The highest BCUT2D eigenvalue weighted by molar-refractivity contribution is 9.10. The van der Waals surface area contributed by atoms with Crippen molar-refractivity contribution in [1.82, 2.24) is 0 Å². The molecule has 0 unspecified atom stereocenters. The van der Waals surface area contributed by atoms with Gasteiger partial charge in [-0.25, -0.2) is 0 Å². The fraction of sp³-hybridized carbons (Fsp3) is 0.417. The Balaban J connectivity index is 2.40. The van der Waals surface area contributed by atoms with Gasteiger partial charge < -0.3 is 19.1 Å². The maximum absolute atomic E-state index is 11.8. The summed E-state index contributed by atoms with van der Waals surface area (Å²) in [6, 6.07) is 3.57. The summed E-state index contributed by atoms with van der Waals surface area (Å²) in [6.07, 6.45) is 0. The van der Waals surface area contributed by atoms with Gasteiger partial charge in [0.1, 0.15) is 6.61 Å². The molecule has 0 spiro atoms. The standard InChI is InChI=1S/C12H14BrNO4/c1-16-10-5-8(13)9(6-11(10)17-2)14-3-4-18-7-12(14)15/h5-6H,3-4,7H2,1-2H3. The molecule has 18 heavy (non-hydrogen) atoms. The normalized spacial score (nSPS) is 15.7. The minimum absolute atomic E-state index is 0.0610. The van der Waals surface area contributed by atoms with Gasteiger partial charge in [-0.05, 0) is 15.9 Å². The first kappa shape index (κ1) is 13.2. The first-order chi connectivity index (χ1) is 8.67. The number of ether oxygens (including phenoxy) is 3. The van der Waals surface area contributed by atoms with Gasteiger partial charge in [0.05, 0.1) is 26.5 Å². The third kappa shape index (κ3) is 2.44. The lowest BCUT2D eigenvalue weighted by Crippen LogP contribution is -2.41. The third-order valence-corrected chi connectivity index (χ3v) is 3.36. The van der Waals surface area contributed by atoms with Crippen molar-refractivity contribution in [1.29, 1.82) is 0 Å². The highest BCUT2D eigenvalue weighted by Gasteiger charge is 2.23. The van der Waals surface area contributed by atoms with Crippen molar-refractivity contribution in [2.45, 2.75) is 0 Å². The molecule has 6 heteroatoms. The smallest absolute Gasteiger partial charge is 0.253 e. The van der Waals surface area contributed by atoms with Crippen molar-refractivity contribution in [2.24, 2.45) is 0 Å². The molecule has 0 bridgehead atoms. The van der Waals surface area contributed by atoms with Crippen LogP contribution in [-0.4, -0.2) is 39.9 Å². The van der Waals surface area contributed by atoms with Crippen molar-refractivity contribution >= 4 is 27.5 Å². The molecule has 1 fully saturated rings. The third-order valence-electron chi connectivity index (χ3n) is 2.73. The van der Waals surface area contributed by atoms with Gasteiger partial charge in [-0.15, -0.1) is 0 Å². The number of hydrogen-bond acceptors (Lipinski definition) is 4. The van der Waals surface area contributed by atoms with Crippen LogP contribution in [0.3, 0.4) is 0 Å². The van der Waals surface area contributed by atoms with Crippen molar-refractivity contribution < 1.29 is 19.0 Å². The molecule has 0 N–H and O–H groups in total. The second-order valence-corrected chi connectivity index (χ2v) is 4.61. The first-order valence-corrected chi connectivity index (χ1v) is 6.26. The van der Waals surface area contributed by atoms with E-state index in [-0.39, 0.29) is 12.5 Å². The maximum atomic E-state index is 11.8. The van der Waals surface area contributed by atoms with Crippen molar-refractivity contribution in [3.63, 3.8) is 0 Å². The fourth-order valence-electron chi connectivity index (χ4n) is 1.82. The Hall–Kier alpha value is -1.27. The van der Waals surface area contributed by atoms with Gasteiger partial charge in [0, 0.05) is 23.2 Å². The molecule has 0 aromatic heterocycles. The SMILES string of the molecule is COc1cc(Br)c(N2CCOCC2=O)cc1OC. The summed E-state index contributed by atoms with van der Waals surface area (Å²) in [6.45, 7) is 1.18. The topological polar surface area (TPSA) is 48.0 Å². The molecule has 1 aromatic rings. The molecule has 0 aliphatic carbocycles. The van der Waals surface area contributed by atoms with Crippen LogP contribution in [0.15, 0.2) is 16.6 Å². The fourth-order valence-corrected chi connectivity index (χ4v) is 2.36. The Labute approximate surface area is 114 Å². The highest BCUT2D eigenvalue weighted by Crippen LogP contribution is 2.38. The number of halogens is 1. The zero-order valence-electron chi connectivity index (χ0n) is 10.2. The van der Waals surface area contributed by atoms with Gasteiger partial charge in [0.15, 0.2) is 11.5 Å². The van der Waals surface area contributed by atoms with E-state index in [2.05, 4.69) is 15.9 Å². The maximum Gasteiger partial charge on any atom is 0.253 e. The zero-order valence-corrected chi connectivity index (χ0v) is 11.8. The summed E-state index contributed by atoms with van der Waals surface area (Å²) < 4.78 is 16.3. The largest absolute Gasteiger partial charge is 0.493 e. The van der Waals surface area contributed by atoms with Crippen LogP contribution in [0.1, 0.15) is 0 Å². The van der Waals surface area contributed by atoms with Gasteiger partial charge in [-0.2, -0.15) is 0 Å². The van der Waals surface area contributed by atoms with Crippen LogP contribution in [0, 0.1) is 0 Å². The number of anilines is 1. The van der Waals surface area contributed by atoms with Crippen LogP contribution in [0.4, 0.5) is 5.69 Å². The van der Waals surface area contributed by atoms with Crippen molar-refractivity contribution in [3.05, 3.63) is 16.6 Å². The number of methoxy groups -OCH3 is 2. The minimum Gasteiger partial charge on any atom is -0.493 e. The van der Waals surface area contributed by atoms with Crippen LogP contribution >= 0.6 is 15.9 Å². The predicted octanol–water partition coefficient (Wildman–Crippen LogP) is 1.83. The Kier molecular flexibility index (Phi) is 4.08. The number of amides is 1. The molecule has 2 rings (SSSR count). The molecule has 1 saturated heterocycles. The Bertz CT molecular complexity index is 464. The van der Waals surface area contributed by atoms with Gasteiger partial charge in [-0.1, -0.05) is 0 Å². The predicted molar refractivity (Wildman–Crippen MR) is 70.4 cm³/mol. The van der Waals surface area contributed by atoms with Gasteiger partial charge in [0.25, 0.3) is 5.91 Å². The Morgan fingerprint density at radius 3 is 2.56 bits per heavy atom. The van der Waals surface area contributed by atoms with E-state index < -0.39 is 0 Å².